The van der Waals surface area contributed by atoms with Crippen molar-refractivity contribution in [2.45, 2.75) is 25.9 Å². The Labute approximate surface area is 122 Å². The van der Waals surface area contributed by atoms with Crippen LogP contribution in [0.4, 0.5) is 5.69 Å². The largest absolute Gasteiger partial charge is 0.347 e. The Morgan fingerprint density at radius 1 is 1.29 bits per heavy atom. The van der Waals surface area contributed by atoms with Crippen LogP contribution in [0.25, 0.3) is 0 Å². The van der Waals surface area contributed by atoms with E-state index in [4.69, 9.17) is 0 Å². The minimum absolute atomic E-state index is 0.00730. The molecular formula is C15H16N4O2. The molecule has 1 unspecified atom stereocenters. The van der Waals surface area contributed by atoms with Gasteiger partial charge in [-0.05, 0) is 31.2 Å². The Hall–Kier alpha value is -2.47. The Bertz CT molecular complexity index is 675. The predicted octanol–water partition coefficient (Wildman–Crippen LogP) is 1.27. The SMILES string of the molecule is CC(=O)c1ccc(NC(=O)C2Cc3nc[nH]c3CN2)cc1. The number of imidazole rings is 1. The number of anilines is 1. The number of hydrogen-bond acceptors (Lipinski definition) is 4. The Balaban J connectivity index is 1.65. The van der Waals surface area contributed by atoms with Crippen LogP contribution in [-0.2, 0) is 17.8 Å². The Morgan fingerprint density at radius 3 is 2.76 bits per heavy atom. The van der Waals surface area contributed by atoms with Crippen LogP contribution in [0.15, 0.2) is 30.6 Å². The van der Waals surface area contributed by atoms with E-state index < -0.39 is 0 Å². The van der Waals surface area contributed by atoms with Crippen molar-refractivity contribution in [2.75, 3.05) is 5.32 Å². The van der Waals surface area contributed by atoms with Crippen LogP contribution < -0.4 is 10.6 Å². The van der Waals surface area contributed by atoms with Crippen LogP contribution in [0.3, 0.4) is 0 Å². The molecule has 0 fully saturated rings. The number of H-pyrrole nitrogens is 1. The number of nitrogens with zero attached hydrogens (tertiary/aromatic N) is 1. The summed E-state index contributed by atoms with van der Waals surface area (Å²) in [6.07, 6.45) is 2.21. The molecule has 2 aromatic rings. The molecular weight excluding hydrogens is 268 g/mol. The minimum Gasteiger partial charge on any atom is -0.347 e. The number of benzene rings is 1. The first kappa shape index (κ1) is 13.5. The smallest absolute Gasteiger partial charge is 0.241 e. The summed E-state index contributed by atoms with van der Waals surface area (Å²) in [7, 11) is 0. The molecule has 0 spiro atoms. The number of fused-ring (bicyclic) bond motifs is 1. The molecule has 1 aliphatic heterocycles. The number of Topliss-reactive ketones (excluding diaryl/α,β-unsaturated/α-hetero) is 1. The zero-order valence-electron chi connectivity index (χ0n) is 11.6. The Morgan fingerprint density at radius 2 is 2.05 bits per heavy atom. The van der Waals surface area contributed by atoms with Gasteiger partial charge in [0.25, 0.3) is 0 Å². The van der Waals surface area contributed by atoms with Crippen LogP contribution in [0.2, 0.25) is 0 Å². The highest BCUT2D eigenvalue weighted by atomic mass is 16.2. The second-order valence-electron chi connectivity index (χ2n) is 5.09. The summed E-state index contributed by atoms with van der Waals surface area (Å²) in [5.41, 5.74) is 3.27. The molecule has 6 heteroatoms. The third kappa shape index (κ3) is 2.85. The topological polar surface area (TPSA) is 86.9 Å². The summed E-state index contributed by atoms with van der Waals surface area (Å²) in [6.45, 7) is 2.12. The monoisotopic (exact) mass is 284 g/mol. The normalized spacial score (nSPS) is 17.1. The number of hydrogen-bond donors (Lipinski definition) is 3. The number of nitrogens with one attached hydrogen (secondary N) is 3. The van der Waals surface area contributed by atoms with E-state index in [9.17, 15) is 9.59 Å². The van der Waals surface area contributed by atoms with Crippen molar-refractivity contribution in [3.63, 3.8) is 0 Å². The van der Waals surface area contributed by atoms with E-state index in [1.165, 1.54) is 6.92 Å². The van der Waals surface area contributed by atoms with Gasteiger partial charge in [-0.25, -0.2) is 4.98 Å². The molecule has 0 saturated heterocycles. The lowest BCUT2D eigenvalue weighted by atomic mass is 10.0. The van der Waals surface area contributed by atoms with Crippen molar-refractivity contribution in [1.29, 1.82) is 0 Å². The molecule has 0 radical (unpaired) electrons. The fraction of sp³-hybridized carbons (Fsp3) is 0.267. The van der Waals surface area contributed by atoms with Gasteiger partial charge in [0.1, 0.15) is 0 Å². The van der Waals surface area contributed by atoms with Crippen molar-refractivity contribution in [1.82, 2.24) is 15.3 Å². The van der Waals surface area contributed by atoms with Crippen LogP contribution in [0.5, 0.6) is 0 Å². The molecule has 1 aliphatic rings. The lowest BCUT2D eigenvalue weighted by Gasteiger charge is -2.22. The zero-order chi connectivity index (χ0) is 14.8. The second kappa shape index (κ2) is 5.49. The van der Waals surface area contributed by atoms with E-state index in [2.05, 4.69) is 20.6 Å². The molecule has 3 N–H and O–H groups in total. The molecule has 1 atom stereocenters. The van der Waals surface area contributed by atoms with Gasteiger partial charge in [-0.1, -0.05) is 0 Å². The van der Waals surface area contributed by atoms with E-state index in [-0.39, 0.29) is 17.7 Å². The standard InChI is InChI=1S/C15H16N4O2/c1-9(20)10-2-4-11(5-3-10)19-15(21)13-6-12-14(7-16-13)18-8-17-12/h2-5,8,13,16H,6-7H2,1H3,(H,17,18)(H,19,21). The molecule has 3 rings (SSSR count). The average Bonchev–Trinajstić information content (AvgIpc) is 2.95. The number of carbonyl (C=O) groups excluding carboxylic acids is 2. The predicted molar refractivity (Wildman–Crippen MR) is 78.0 cm³/mol. The summed E-state index contributed by atoms with van der Waals surface area (Å²) >= 11 is 0. The lowest BCUT2D eigenvalue weighted by Crippen LogP contribution is -2.44. The molecule has 1 aromatic carbocycles. The molecule has 0 saturated carbocycles. The summed E-state index contributed by atoms with van der Waals surface area (Å²) in [4.78, 5) is 30.7. The summed E-state index contributed by atoms with van der Waals surface area (Å²) in [6, 6.07) is 6.58. The van der Waals surface area contributed by atoms with Gasteiger partial charge < -0.3 is 10.3 Å². The molecule has 21 heavy (non-hydrogen) atoms. The van der Waals surface area contributed by atoms with Gasteiger partial charge in [0.2, 0.25) is 5.91 Å². The third-order valence-corrected chi connectivity index (χ3v) is 3.61. The second-order valence-corrected chi connectivity index (χ2v) is 5.09. The van der Waals surface area contributed by atoms with E-state index >= 15 is 0 Å². The van der Waals surface area contributed by atoms with Crippen molar-refractivity contribution in [3.05, 3.63) is 47.5 Å². The molecule has 2 heterocycles. The number of aromatic nitrogens is 2. The van der Waals surface area contributed by atoms with Gasteiger partial charge in [-0.2, -0.15) is 0 Å². The average molecular weight is 284 g/mol. The quantitative estimate of drug-likeness (QED) is 0.741. The maximum absolute atomic E-state index is 12.2. The summed E-state index contributed by atoms with van der Waals surface area (Å²) < 4.78 is 0. The fourth-order valence-electron chi connectivity index (χ4n) is 2.37. The van der Waals surface area contributed by atoms with Crippen molar-refractivity contribution < 1.29 is 9.59 Å². The van der Waals surface area contributed by atoms with Crippen molar-refractivity contribution >= 4 is 17.4 Å². The Kier molecular flexibility index (Phi) is 3.53. The van der Waals surface area contributed by atoms with Gasteiger partial charge in [-0.15, -0.1) is 0 Å². The summed E-state index contributed by atoms with van der Waals surface area (Å²) in [5, 5.41) is 6.02. The molecule has 6 nitrogen and oxygen atoms in total. The van der Waals surface area contributed by atoms with E-state index in [1.807, 2.05) is 0 Å². The van der Waals surface area contributed by atoms with Crippen LogP contribution in [0.1, 0.15) is 28.7 Å². The molecule has 1 aromatic heterocycles. The summed E-state index contributed by atoms with van der Waals surface area (Å²) in [5.74, 6) is -0.0906. The number of aromatic amines is 1. The maximum atomic E-state index is 12.2. The molecule has 1 amide bonds. The van der Waals surface area contributed by atoms with Gasteiger partial charge in [0, 0.05) is 24.2 Å². The van der Waals surface area contributed by atoms with Crippen LogP contribution in [-0.4, -0.2) is 27.7 Å². The highest BCUT2D eigenvalue weighted by molar-refractivity contribution is 5.97. The van der Waals surface area contributed by atoms with E-state index in [1.54, 1.807) is 30.6 Å². The van der Waals surface area contributed by atoms with Gasteiger partial charge in [0.05, 0.1) is 23.8 Å². The van der Waals surface area contributed by atoms with Gasteiger partial charge >= 0.3 is 0 Å². The minimum atomic E-state index is -0.298. The van der Waals surface area contributed by atoms with Gasteiger partial charge in [0.15, 0.2) is 5.78 Å². The van der Waals surface area contributed by atoms with E-state index in [0.717, 1.165) is 11.4 Å². The highest BCUT2D eigenvalue weighted by Crippen LogP contribution is 2.15. The lowest BCUT2D eigenvalue weighted by molar-refractivity contribution is -0.118. The maximum Gasteiger partial charge on any atom is 0.241 e. The number of carbonyl (C=O) groups is 2. The van der Waals surface area contributed by atoms with Crippen molar-refractivity contribution in [3.8, 4) is 0 Å². The first-order chi connectivity index (χ1) is 10.1. The molecule has 0 bridgehead atoms. The van der Waals surface area contributed by atoms with Crippen LogP contribution in [0, 0.1) is 0 Å². The first-order valence-electron chi connectivity index (χ1n) is 6.80. The molecule has 108 valence electrons. The third-order valence-electron chi connectivity index (χ3n) is 3.61. The zero-order valence-corrected chi connectivity index (χ0v) is 11.6. The highest BCUT2D eigenvalue weighted by Gasteiger charge is 2.25. The fourth-order valence-corrected chi connectivity index (χ4v) is 2.37. The number of ketones is 1. The number of amides is 1. The first-order valence-corrected chi connectivity index (χ1v) is 6.80. The van der Waals surface area contributed by atoms with E-state index in [0.29, 0.717) is 24.2 Å². The van der Waals surface area contributed by atoms with Crippen molar-refractivity contribution in [2.24, 2.45) is 0 Å². The number of rotatable bonds is 3. The van der Waals surface area contributed by atoms with Gasteiger partial charge in [-0.3, -0.25) is 14.9 Å². The molecule has 0 aliphatic carbocycles. The van der Waals surface area contributed by atoms with Crippen LogP contribution >= 0.6 is 0 Å².